The van der Waals surface area contributed by atoms with Crippen molar-refractivity contribution in [3.05, 3.63) is 0 Å². The summed E-state index contributed by atoms with van der Waals surface area (Å²) < 4.78 is 32.7. The number of hydrogen-bond acceptors (Lipinski definition) is 6. The van der Waals surface area contributed by atoms with Crippen LogP contribution in [-0.2, 0) is 26.6 Å². The van der Waals surface area contributed by atoms with E-state index < -0.39 is 17.6 Å². The van der Waals surface area contributed by atoms with Crippen molar-refractivity contribution in [2.24, 2.45) is 0 Å². The molecule has 0 N–H and O–H groups in total. The molecule has 0 spiro atoms. The van der Waals surface area contributed by atoms with Crippen LogP contribution in [0.25, 0.3) is 0 Å². The summed E-state index contributed by atoms with van der Waals surface area (Å²) >= 11 is 0. The molecule has 0 aromatic heterocycles. The minimum absolute atomic E-state index is 0.284. The fourth-order valence-corrected chi connectivity index (χ4v) is 6.62. The van der Waals surface area contributed by atoms with Crippen molar-refractivity contribution in [3.63, 3.8) is 0 Å². The average molecular weight is 341 g/mol. The Labute approximate surface area is 131 Å². The molecule has 0 aliphatic carbocycles. The van der Waals surface area contributed by atoms with Gasteiger partial charge in [-0.3, -0.25) is 0 Å². The molecule has 1 atom stereocenters. The smallest absolute Gasteiger partial charge is 0.377 e. The first-order valence-corrected chi connectivity index (χ1v) is 11.0. The normalized spacial score (nSPS) is 14.4. The lowest BCUT2D eigenvalue weighted by Gasteiger charge is -2.30. The zero-order valence-electron chi connectivity index (χ0n) is 14.6. The van der Waals surface area contributed by atoms with Crippen molar-refractivity contribution in [1.29, 1.82) is 0 Å². The van der Waals surface area contributed by atoms with Crippen LogP contribution in [0.3, 0.4) is 0 Å². The Hall–Kier alpha value is 0.194. The number of unbranched alkanes of at least 4 members (excludes halogenated alkanes) is 2. The van der Waals surface area contributed by atoms with Gasteiger partial charge in [0.15, 0.2) is 0 Å². The molecule has 0 radical (unpaired) electrons. The van der Waals surface area contributed by atoms with E-state index in [0.717, 1.165) is 31.7 Å². The molecule has 0 aromatic rings. The van der Waals surface area contributed by atoms with Gasteiger partial charge in [0.25, 0.3) is 0 Å². The predicted octanol–water partition coefficient (Wildman–Crippen LogP) is 2.69. The zero-order chi connectivity index (χ0) is 16.4. The van der Waals surface area contributed by atoms with Crippen molar-refractivity contribution in [2.45, 2.75) is 44.2 Å². The minimum Gasteiger partial charge on any atom is -0.377 e. The molecular weight excluding hydrogens is 308 g/mol. The van der Waals surface area contributed by atoms with Crippen molar-refractivity contribution in [1.82, 2.24) is 0 Å². The second kappa shape index (κ2) is 10.8. The van der Waals surface area contributed by atoms with Crippen LogP contribution in [0, 0.1) is 0 Å². The van der Waals surface area contributed by atoms with Gasteiger partial charge in [-0.25, -0.2) is 0 Å². The fourth-order valence-electron chi connectivity index (χ4n) is 2.56. The third-order valence-electron chi connectivity index (χ3n) is 4.01. The highest BCUT2D eigenvalue weighted by molar-refractivity contribution is 6.62. The molecule has 0 heterocycles. The SMILES string of the molecule is CO[Si](CCCCCC(C)[Si](OC)(OC)OC)(OC)OC. The molecule has 128 valence electrons. The van der Waals surface area contributed by atoms with E-state index in [1.165, 1.54) is 0 Å². The molecule has 0 aliphatic rings. The van der Waals surface area contributed by atoms with Gasteiger partial charge in [-0.05, 0) is 12.8 Å². The standard InChI is InChI=1S/C13H32O6Si2/c1-13(21(17-5,18-6)19-7)11-9-8-10-12-20(14-2,15-3)16-4/h13H,8-12H2,1-7H3. The third-order valence-corrected chi connectivity index (χ3v) is 10.0. The van der Waals surface area contributed by atoms with Crippen molar-refractivity contribution in [2.75, 3.05) is 42.7 Å². The van der Waals surface area contributed by atoms with E-state index >= 15 is 0 Å². The van der Waals surface area contributed by atoms with E-state index in [2.05, 4.69) is 6.92 Å². The average Bonchev–Trinajstić information content (AvgIpc) is 2.53. The Bertz CT molecular complexity index is 243. The summed E-state index contributed by atoms with van der Waals surface area (Å²) in [7, 11) is 5.00. The third kappa shape index (κ3) is 6.07. The molecule has 0 aliphatic heterocycles. The quantitative estimate of drug-likeness (QED) is 0.379. The van der Waals surface area contributed by atoms with Gasteiger partial charge in [0, 0.05) is 54.2 Å². The highest BCUT2D eigenvalue weighted by atomic mass is 28.4. The molecule has 0 rings (SSSR count). The van der Waals surface area contributed by atoms with E-state index in [1.54, 1.807) is 42.7 Å². The highest BCUT2D eigenvalue weighted by Crippen LogP contribution is 2.29. The Kier molecular flexibility index (Phi) is 10.9. The van der Waals surface area contributed by atoms with Gasteiger partial charge in [-0.1, -0.05) is 19.8 Å². The molecule has 1 unspecified atom stereocenters. The summed E-state index contributed by atoms with van der Waals surface area (Å²) in [6, 6.07) is 0.840. The van der Waals surface area contributed by atoms with E-state index in [-0.39, 0.29) is 5.54 Å². The van der Waals surface area contributed by atoms with Crippen molar-refractivity contribution in [3.8, 4) is 0 Å². The topological polar surface area (TPSA) is 55.4 Å². The minimum atomic E-state index is -2.50. The lowest BCUT2D eigenvalue weighted by atomic mass is 10.2. The molecule has 8 heteroatoms. The van der Waals surface area contributed by atoms with Crippen LogP contribution in [0.5, 0.6) is 0 Å². The molecule has 0 saturated heterocycles. The Morgan fingerprint density at radius 1 is 0.667 bits per heavy atom. The van der Waals surface area contributed by atoms with E-state index in [4.69, 9.17) is 26.6 Å². The maximum Gasteiger partial charge on any atom is 0.503 e. The Morgan fingerprint density at radius 3 is 1.52 bits per heavy atom. The number of rotatable bonds is 13. The largest absolute Gasteiger partial charge is 0.503 e. The lowest BCUT2D eigenvalue weighted by Crippen LogP contribution is -2.46. The molecule has 6 nitrogen and oxygen atoms in total. The summed E-state index contributed by atoms with van der Waals surface area (Å²) in [6.45, 7) is 2.13. The van der Waals surface area contributed by atoms with Crippen LogP contribution in [-0.4, -0.2) is 60.3 Å². The maximum atomic E-state index is 5.50. The van der Waals surface area contributed by atoms with Crippen LogP contribution >= 0.6 is 0 Å². The van der Waals surface area contributed by atoms with Crippen LogP contribution in [0.2, 0.25) is 11.6 Å². The molecule has 0 amide bonds. The van der Waals surface area contributed by atoms with E-state index in [9.17, 15) is 0 Å². The van der Waals surface area contributed by atoms with Crippen LogP contribution in [0.4, 0.5) is 0 Å². The predicted molar refractivity (Wildman–Crippen MR) is 86.3 cm³/mol. The van der Waals surface area contributed by atoms with Crippen LogP contribution in [0.15, 0.2) is 0 Å². The second-order valence-electron chi connectivity index (χ2n) is 5.01. The summed E-state index contributed by atoms with van der Waals surface area (Å²) in [5, 5.41) is 0. The molecule has 0 aromatic carbocycles. The van der Waals surface area contributed by atoms with Gasteiger partial charge >= 0.3 is 17.6 Å². The van der Waals surface area contributed by atoms with Gasteiger partial charge in [0.1, 0.15) is 0 Å². The molecule has 0 bridgehead atoms. The first-order chi connectivity index (χ1) is 9.99. The molecule has 0 saturated carbocycles. The molecule has 21 heavy (non-hydrogen) atoms. The lowest BCUT2D eigenvalue weighted by molar-refractivity contribution is 0.111. The van der Waals surface area contributed by atoms with Gasteiger partial charge in [-0.2, -0.15) is 0 Å². The summed E-state index contributed by atoms with van der Waals surface area (Å²) in [4.78, 5) is 0. The summed E-state index contributed by atoms with van der Waals surface area (Å²) in [5.41, 5.74) is 0.284. The molecule has 0 fully saturated rings. The highest BCUT2D eigenvalue weighted by Gasteiger charge is 2.44. The van der Waals surface area contributed by atoms with Crippen molar-refractivity contribution >= 4 is 17.6 Å². The van der Waals surface area contributed by atoms with Gasteiger partial charge in [0.05, 0.1) is 0 Å². The second-order valence-corrected chi connectivity index (χ2v) is 11.5. The molecular formula is C13H32O6Si2. The number of hydrogen-bond donors (Lipinski definition) is 0. The zero-order valence-corrected chi connectivity index (χ0v) is 16.6. The van der Waals surface area contributed by atoms with E-state index in [1.807, 2.05) is 0 Å². The fraction of sp³-hybridized carbons (Fsp3) is 1.00. The monoisotopic (exact) mass is 340 g/mol. The maximum absolute atomic E-state index is 5.50. The van der Waals surface area contributed by atoms with E-state index in [0.29, 0.717) is 0 Å². The van der Waals surface area contributed by atoms with Gasteiger partial charge in [0.2, 0.25) is 0 Å². The first kappa shape index (κ1) is 21.2. The van der Waals surface area contributed by atoms with Crippen LogP contribution < -0.4 is 0 Å². The Morgan fingerprint density at radius 2 is 1.14 bits per heavy atom. The first-order valence-electron chi connectivity index (χ1n) is 7.30. The summed E-state index contributed by atoms with van der Waals surface area (Å²) in [5.74, 6) is 0. The van der Waals surface area contributed by atoms with Crippen LogP contribution in [0.1, 0.15) is 32.6 Å². The summed E-state index contributed by atoms with van der Waals surface area (Å²) in [6.07, 6.45) is 4.23. The van der Waals surface area contributed by atoms with Gasteiger partial charge in [-0.15, -0.1) is 0 Å². The van der Waals surface area contributed by atoms with Crippen molar-refractivity contribution < 1.29 is 26.6 Å². The Balaban J connectivity index is 4.10. The van der Waals surface area contributed by atoms with Gasteiger partial charge < -0.3 is 26.6 Å².